The van der Waals surface area contributed by atoms with Crippen molar-refractivity contribution < 1.29 is 14.9 Å². The van der Waals surface area contributed by atoms with Crippen LogP contribution in [0.15, 0.2) is 11.0 Å². The van der Waals surface area contributed by atoms with Crippen molar-refractivity contribution in [2.24, 2.45) is 0 Å². The molecule has 0 amide bonds. The SMILES string of the molecule is CC#Cc1cn([C@H]2C[C@@H](O)[C@@H](CO)O2)c(=O)nc1N. The second kappa shape index (κ2) is 5.40. The lowest BCUT2D eigenvalue weighted by atomic mass is 10.2. The Balaban J connectivity index is 2.37. The number of anilines is 1. The standard InChI is InChI=1S/C12H15N3O4/c1-2-3-7-5-15(12(18)14-11(7)13)10-4-8(17)9(6-16)19-10/h5,8-10,16-17H,4,6H2,1H3,(H2,13,14,18)/t8-,9-,10-/m1/s1. The average molecular weight is 265 g/mol. The molecule has 102 valence electrons. The van der Waals surface area contributed by atoms with Crippen molar-refractivity contribution in [3.63, 3.8) is 0 Å². The molecule has 0 aliphatic carbocycles. The van der Waals surface area contributed by atoms with Gasteiger partial charge in [-0.05, 0) is 6.92 Å². The first-order valence-electron chi connectivity index (χ1n) is 5.82. The molecule has 1 fully saturated rings. The summed E-state index contributed by atoms with van der Waals surface area (Å²) in [5.41, 5.74) is 5.45. The first-order chi connectivity index (χ1) is 9.06. The van der Waals surface area contributed by atoms with Gasteiger partial charge in [0.25, 0.3) is 0 Å². The molecule has 7 nitrogen and oxygen atoms in total. The molecule has 7 heteroatoms. The van der Waals surface area contributed by atoms with E-state index in [-0.39, 0.29) is 18.8 Å². The summed E-state index contributed by atoms with van der Waals surface area (Å²) in [5, 5.41) is 18.7. The quantitative estimate of drug-likeness (QED) is 0.582. The van der Waals surface area contributed by atoms with E-state index in [4.69, 9.17) is 15.6 Å². The molecule has 0 spiro atoms. The normalized spacial score (nSPS) is 25.9. The van der Waals surface area contributed by atoms with E-state index in [1.807, 2.05) is 0 Å². The van der Waals surface area contributed by atoms with Gasteiger partial charge in [-0.15, -0.1) is 5.92 Å². The van der Waals surface area contributed by atoms with Gasteiger partial charge in [-0.1, -0.05) is 5.92 Å². The highest BCUT2D eigenvalue weighted by atomic mass is 16.5. The molecule has 2 heterocycles. The fourth-order valence-corrected chi connectivity index (χ4v) is 1.97. The summed E-state index contributed by atoms with van der Waals surface area (Å²) in [6, 6.07) is 0. The van der Waals surface area contributed by atoms with Crippen LogP contribution in [0.4, 0.5) is 5.82 Å². The van der Waals surface area contributed by atoms with Gasteiger partial charge in [-0.2, -0.15) is 4.98 Å². The van der Waals surface area contributed by atoms with Gasteiger partial charge in [0.1, 0.15) is 18.1 Å². The van der Waals surface area contributed by atoms with Crippen LogP contribution < -0.4 is 11.4 Å². The third-order valence-corrected chi connectivity index (χ3v) is 2.94. The number of rotatable bonds is 2. The lowest BCUT2D eigenvalue weighted by Gasteiger charge is -2.14. The van der Waals surface area contributed by atoms with Gasteiger partial charge in [0.05, 0.1) is 18.3 Å². The Hall–Kier alpha value is -1.88. The summed E-state index contributed by atoms with van der Waals surface area (Å²) >= 11 is 0. The first kappa shape index (κ1) is 13.5. The fraction of sp³-hybridized carbons (Fsp3) is 0.500. The second-order valence-electron chi connectivity index (χ2n) is 4.22. The Morgan fingerprint density at radius 3 is 3.00 bits per heavy atom. The topological polar surface area (TPSA) is 111 Å². The number of hydrogen-bond donors (Lipinski definition) is 3. The zero-order chi connectivity index (χ0) is 14.0. The molecule has 1 aromatic rings. The van der Waals surface area contributed by atoms with Gasteiger partial charge in [-0.3, -0.25) is 4.57 Å². The predicted molar refractivity (Wildman–Crippen MR) is 67.1 cm³/mol. The average Bonchev–Trinajstić information content (AvgIpc) is 2.74. The molecule has 0 saturated carbocycles. The van der Waals surface area contributed by atoms with Crippen molar-refractivity contribution in [2.75, 3.05) is 12.3 Å². The summed E-state index contributed by atoms with van der Waals surface area (Å²) in [7, 11) is 0. The van der Waals surface area contributed by atoms with E-state index in [9.17, 15) is 9.90 Å². The predicted octanol–water partition coefficient (Wildman–Crippen LogP) is -1.16. The molecule has 0 radical (unpaired) electrons. The summed E-state index contributed by atoms with van der Waals surface area (Å²) in [4.78, 5) is 15.5. The molecule has 3 atom stereocenters. The summed E-state index contributed by atoms with van der Waals surface area (Å²) in [6.07, 6.45) is -0.533. The lowest BCUT2D eigenvalue weighted by molar-refractivity contribution is -0.0458. The number of aliphatic hydroxyl groups excluding tert-OH is 2. The summed E-state index contributed by atoms with van der Waals surface area (Å²) < 4.78 is 6.63. The number of nitrogen functional groups attached to an aromatic ring is 1. The maximum atomic E-state index is 11.8. The van der Waals surface area contributed by atoms with Gasteiger partial charge in [-0.25, -0.2) is 4.79 Å². The molecule has 19 heavy (non-hydrogen) atoms. The maximum absolute atomic E-state index is 11.8. The third-order valence-electron chi connectivity index (χ3n) is 2.94. The van der Waals surface area contributed by atoms with E-state index in [0.29, 0.717) is 5.56 Å². The maximum Gasteiger partial charge on any atom is 0.351 e. The Labute approximate surface area is 109 Å². The zero-order valence-corrected chi connectivity index (χ0v) is 10.4. The van der Waals surface area contributed by atoms with Gasteiger partial charge in [0, 0.05) is 12.6 Å². The number of nitrogens with zero attached hydrogens (tertiary/aromatic N) is 2. The van der Waals surface area contributed by atoms with E-state index in [2.05, 4.69) is 16.8 Å². The smallest absolute Gasteiger partial charge is 0.351 e. The molecule has 0 aromatic carbocycles. The van der Waals surface area contributed by atoms with Gasteiger partial charge >= 0.3 is 5.69 Å². The largest absolute Gasteiger partial charge is 0.394 e. The van der Waals surface area contributed by atoms with Crippen LogP contribution in [0.5, 0.6) is 0 Å². The van der Waals surface area contributed by atoms with Crippen LogP contribution in [0.25, 0.3) is 0 Å². The van der Waals surface area contributed by atoms with Crippen molar-refractivity contribution in [1.82, 2.24) is 9.55 Å². The van der Waals surface area contributed by atoms with Gasteiger partial charge < -0.3 is 20.7 Å². The van der Waals surface area contributed by atoms with Crippen LogP contribution in [0, 0.1) is 11.8 Å². The van der Waals surface area contributed by atoms with Crippen molar-refractivity contribution in [2.45, 2.75) is 31.8 Å². The molecule has 0 bridgehead atoms. The Kier molecular flexibility index (Phi) is 3.85. The van der Waals surface area contributed by atoms with E-state index >= 15 is 0 Å². The Morgan fingerprint density at radius 2 is 2.42 bits per heavy atom. The number of aliphatic hydroxyl groups is 2. The summed E-state index contributed by atoms with van der Waals surface area (Å²) in [6.45, 7) is 1.34. The molecular weight excluding hydrogens is 250 g/mol. The minimum atomic E-state index is -0.819. The molecule has 4 N–H and O–H groups in total. The monoisotopic (exact) mass is 265 g/mol. The zero-order valence-electron chi connectivity index (χ0n) is 10.4. The van der Waals surface area contributed by atoms with Gasteiger partial charge in [0.15, 0.2) is 0 Å². The van der Waals surface area contributed by atoms with Crippen molar-refractivity contribution in [3.8, 4) is 11.8 Å². The van der Waals surface area contributed by atoms with Crippen molar-refractivity contribution in [3.05, 3.63) is 22.2 Å². The number of nitrogens with two attached hydrogens (primary N) is 1. The molecule has 1 saturated heterocycles. The van der Waals surface area contributed by atoms with Gasteiger partial charge in [0.2, 0.25) is 0 Å². The van der Waals surface area contributed by atoms with Crippen LogP contribution in [0.1, 0.15) is 25.1 Å². The van der Waals surface area contributed by atoms with Crippen LogP contribution >= 0.6 is 0 Å². The molecule has 2 rings (SSSR count). The van der Waals surface area contributed by atoms with E-state index in [1.54, 1.807) is 6.92 Å². The number of ether oxygens (including phenoxy) is 1. The van der Waals surface area contributed by atoms with E-state index in [1.165, 1.54) is 10.8 Å². The van der Waals surface area contributed by atoms with Crippen molar-refractivity contribution in [1.29, 1.82) is 0 Å². The fourth-order valence-electron chi connectivity index (χ4n) is 1.97. The van der Waals surface area contributed by atoms with Crippen LogP contribution in [0.3, 0.4) is 0 Å². The second-order valence-corrected chi connectivity index (χ2v) is 4.22. The van der Waals surface area contributed by atoms with Crippen LogP contribution in [0.2, 0.25) is 0 Å². The first-order valence-corrected chi connectivity index (χ1v) is 5.82. The molecular formula is C12H15N3O4. The van der Waals surface area contributed by atoms with E-state index in [0.717, 1.165) is 0 Å². The molecule has 0 unspecified atom stereocenters. The van der Waals surface area contributed by atoms with Crippen LogP contribution in [-0.4, -0.2) is 38.6 Å². The molecule has 1 aliphatic rings. The molecule has 1 aliphatic heterocycles. The highest BCUT2D eigenvalue weighted by Gasteiger charge is 2.35. The number of aromatic nitrogens is 2. The van der Waals surface area contributed by atoms with E-state index < -0.39 is 24.1 Å². The minimum Gasteiger partial charge on any atom is -0.394 e. The lowest BCUT2D eigenvalue weighted by Crippen LogP contribution is -2.28. The third kappa shape index (κ3) is 2.61. The minimum absolute atomic E-state index is 0.0628. The number of hydrogen-bond acceptors (Lipinski definition) is 6. The Morgan fingerprint density at radius 1 is 1.68 bits per heavy atom. The highest BCUT2D eigenvalue weighted by molar-refractivity contribution is 5.48. The van der Waals surface area contributed by atoms with Crippen molar-refractivity contribution >= 4 is 5.82 Å². The highest BCUT2D eigenvalue weighted by Crippen LogP contribution is 2.27. The Bertz CT molecular complexity index is 587. The van der Waals surface area contributed by atoms with Crippen LogP contribution in [-0.2, 0) is 4.74 Å². The molecule has 1 aromatic heterocycles. The summed E-state index contributed by atoms with van der Waals surface area (Å²) in [5.74, 6) is 5.48.